The Morgan fingerprint density at radius 2 is 2.14 bits per heavy atom. The van der Waals surface area contributed by atoms with Crippen molar-refractivity contribution in [1.29, 1.82) is 0 Å². The quantitative estimate of drug-likeness (QED) is 0.493. The summed E-state index contributed by atoms with van der Waals surface area (Å²) in [5.74, 6) is 2.78. The summed E-state index contributed by atoms with van der Waals surface area (Å²) >= 11 is 0. The minimum atomic E-state index is -0.342. The maximum absolute atomic E-state index is 5.75. The zero-order chi connectivity index (χ0) is 9.86. The van der Waals surface area contributed by atoms with Crippen LogP contribution in [0, 0.1) is 18.3 Å². The second-order valence-corrected chi connectivity index (χ2v) is 3.86. The normalized spacial score (nSPS) is 29.2. The van der Waals surface area contributed by atoms with E-state index in [0.717, 1.165) is 38.9 Å². The van der Waals surface area contributed by atoms with Crippen LogP contribution in [0.5, 0.6) is 0 Å². The Bertz CT molecular complexity index is 256. The van der Waals surface area contributed by atoms with E-state index in [1.54, 1.807) is 0 Å². The third-order valence-electron chi connectivity index (χ3n) is 3.02. The average Bonchev–Trinajstić information content (AvgIpc) is 2.66. The van der Waals surface area contributed by atoms with Crippen molar-refractivity contribution in [2.45, 2.75) is 31.5 Å². The van der Waals surface area contributed by atoms with Crippen molar-refractivity contribution in [2.75, 3.05) is 13.2 Å². The molecular weight excluding hydrogens is 176 g/mol. The molecule has 2 nitrogen and oxygen atoms in total. The van der Waals surface area contributed by atoms with Crippen LogP contribution in [0.15, 0.2) is 12.2 Å². The first-order chi connectivity index (χ1) is 6.87. The summed E-state index contributed by atoms with van der Waals surface area (Å²) in [4.78, 5) is 0. The van der Waals surface area contributed by atoms with E-state index in [9.17, 15) is 0 Å². The Hall–Kier alpha value is -0.780. The van der Waals surface area contributed by atoms with E-state index in [-0.39, 0.29) is 5.79 Å². The van der Waals surface area contributed by atoms with Gasteiger partial charge < -0.3 is 9.47 Å². The predicted octanol–water partition coefficient (Wildman–Crippen LogP) is 2.11. The van der Waals surface area contributed by atoms with Gasteiger partial charge in [0, 0.05) is 18.8 Å². The molecule has 1 fully saturated rings. The van der Waals surface area contributed by atoms with Crippen LogP contribution < -0.4 is 0 Å². The Labute approximate surface area is 85.3 Å². The molecule has 0 aromatic carbocycles. The third-order valence-corrected chi connectivity index (χ3v) is 3.02. The van der Waals surface area contributed by atoms with Crippen LogP contribution in [0.1, 0.15) is 25.7 Å². The first kappa shape index (κ1) is 9.76. The van der Waals surface area contributed by atoms with Gasteiger partial charge in [0.25, 0.3) is 0 Å². The van der Waals surface area contributed by atoms with E-state index >= 15 is 0 Å². The molecule has 1 saturated heterocycles. The number of allylic oxidation sites excluding steroid dienone is 1. The summed E-state index contributed by atoms with van der Waals surface area (Å²) < 4.78 is 11.5. The first-order valence-corrected chi connectivity index (χ1v) is 5.24. The lowest BCUT2D eigenvalue weighted by atomic mass is 9.84. The molecule has 1 heterocycles. The van der Waals surface area contributed by atoms with Gasteiger partial charge in [-0.1, -0.05) is 12.2 Å². The van der Waals surface area contributed by atoms with Crippen LogP contribution in [0.4, 0.5) is 0 Å². The largest absolute Gasteiger partial charge is 0.347 e. The zero-order valence-corrected chi connectivity index (χ0v) is 8.37. The standard InChI is InChI=1S/C12H16O2/c1-2-3-6-11-7-4-5-8-12(11)13-9-10-14-12/h1,4-5,11H,3,6-10H2. The molecule has 2 heteroatoms. The summed E-state index contributed by atoms with van der Waals surface area (Å²) in [6, 6.07) is 0. The van der Waals surface area contributed by atoms with Gasteiger partial charge in [-0.15, -0.1) is 12.3 Å². The van der Waals surface area contributed by atoms with Crippen molar-refractivity contribution in [3.05, 3.63) is 12.2 Å². The van der Waals surface area contributed by atoms with Gasteiger partial charge in [0.05, 0.1) is 13.2 Å². The van der Waals surface area contributed by atoms with E-state index < -0.39 is 0 Å². The van der Waals surface area contributed by atoms with Crippen LogP contribution in [0.25, 0.3) is 0 Å². The summed E-state index contributed by atoms with van der Waals surface area (Å²) in [5, 5.41) is 0. The fraction of sp³-hybridized carbons (Fsp3) is 0.667. The Morgan fingerprint density at radius 1 is 1.36 bits per heavy atom. The van der Waals surface area contributed by atoms with E-state index in [1.165, 1.54) is 0 Å². The molecule has 2 aliphatic rings. The van der Waals surface area contributed by atoms with Gasteiger partial charge in [-0.3, -0.25) is 0 Å². The minimum absolute atomic E-state index is 0.342. The molecular formula is C12H16O2. The number of rotatable bonds is 2. The molecule has 1 atom stereocenters. The molecule has 0 aromatic rings. The van der Waals surface area contributed by atoms with Crippen LogP contribution >= 0.6 is 0 Å². The summed E-state index contributed by atoms with van der Waals surface area (Å²) in [6.45, 7) is 1.45. The molecule has 0 bridgehead atoms. The first-order valence-electron chi connectivity index (χ1n) is 5.24. The average molecular weight is 192 g/mol. The van der Waals surface area contributed by atoms with Crippen molar-refractivity contribution < 1.29 is 9.47 Å². The monoisotopic (exact) mass is 192 g/mol. The van der Waals surface area contributed by atoms with E-state index in [0.29, 0.717) is 5.92 Å². The smallest absolute Gasteiger partial charge is 0.174 e. The molecule has 76 valence electrons. The molecule has 0 amide bonds. The molecule has 0 N–H and O–H groups in total. The van der Waals surface area contributed by atoms with Gasteiger partial charge in [-0.05, 0) is 12.8 Å². The van der Waals surface area contributed by atoms with Gasteiger partial charge in [0.2, 0.25) is 0 Å². The zero-order valence-electron chi connectivity index (χ0n) is 8.37. The lowest BCUT2D eigenvalue weighted by molar-refractivity contribution is -0.196. The maximum Gasteiger partial charge on any atom is 0.174 e. The summed E-state index contributed by atoms with van der Waals surface area (Å²) in [5.41, 5.74) is 0. The molecule has 1 aliphatic heterocycles. The van der Waals surface area contributed by atoms with Gasteiger partial charge in [0.15, 0.2) is 5.79 Å². The molecule has 0 radical (unpaired) electrons. The van der Waals surface area contributed by atoms with E-state index in [4.69, 9.17) is 15.9 Å². The maximum atomic E-state index is 5.75. The van der Waals surface area contributed by atoms with E-state index in [2.05, 4.69) is 18.1 Å². The van der Waals surface area contributed by atoms with Gasteiger partial charge in [0.1, 0.15) is 0 Å². The van der Waals surface area contributed by atoms with Gasteiger partial charge in [-0.2, -0.15) is 0 Å². The van der Waals surface area contributed by atoms with Crippen molar-refractivity contribution in [3.8, 4) is 12.3 Å². The van der Waals surface area contributed by atoms with Crippen LogP contribution in [0.2, 0.25) is 0 Å². The van der Waals surface area contributed by atoms with Gasteiger partial charge >= 0.3 is 0 Å². The highest BCUT2D eigenvalue weighted by Crippen LogP contribution is 2.39. The van der Waals surface area contributed by atoms with Crippen LogP contribution in [0.3, 0.4) is 0 Å². The molecule has 1 unspecified atom stereocenters. The second-order valence-electron chi connectivity index (χ2n) is 3.86. The second kappa shape index (κ2) is 4.16. The Morgan fingerprint density at radius 3 is 2.86 bits per heavy atom. The number of ether oxygens (including phenoxy) is 2. The number of hydrogen-bond acceptors (Lipinski definition) is 2. The lowest BCUT2D eigenvalue weighted by Crippen LogP contribution is -2.40. The predicted molar refractivity (Wildman–Crippen MR) is 54.6 cm³/mol. The van der Waals surface area contributed by atoms with Crippen molar-refractivity contribution in [1.82, 2.24) is 0 Å². The fourth-order valence-electron chi connectivity index (χ4n) is 2.27. The summed E-state index contributed by atoms with van der Waals surface area (Å²) in [7, 11) is 0. The molecule has 1 aliphatic carbocycles. The highest BCUT2D eigenvalue weighted by molar-refractivity contribution is 5.02. The fourth-order valence-corrected chi connectivity index (χ4v) is 2.27. The Balaban J connectivity index is 2.05. The van der Waals surface area contributed by atoms with Crippen molar-refractivity contribution in [3.63, 3.8) is 0 Å². The molecule has 14 heavy (non-hydrogen) atoms. The minimum Gasteiger partial charge on any atom is -0.347 e. The van der Waals surface area contributed by atoms with Gasteiger partial charge in [-0.25, -0.2) is 0 Å². The van der Waals surface area contributed by atoms with Crippen molar-refractivity contribution >= 4 is 0 Å². The highest BCUT2D eigenvalue weighted by Gasteiger charge is 2.43. The highest BCUT2D eigenvalue weighted by atomic mass is 16.7. The van der Waals surface area contributed by atoms with Crippen LogP contribution in [-0.2, 0) is 9.47 Å². The number of hydrogen-bond donors (Lipinski definition) is 0. The number of terminal acetylenes is 1. The lowest BCUT2D eigenvalue weighted by Gasteiger charge is -2.36. The third kappa shape index (κ3) is 1.70. The molecule has 2 rings (SSSR count). The van der Waals surface area contributed by atoms with E-state index in [1.807, 2.05) is 0 Å². The van der Waals surface area contributed by atoms with Crippen molar-refractivity contribution in [2.24, 2.45) is 5.92 Å². The SMILES string of the molecule is C#CCCC1CC=CCC12OCCO2. The molecule has 0 saturated carbocycles. The Kier molecular flexibility index (Phi) is 2.90. The van der Waals surface area contributed by atoms with Crippen LogP contribution in [-0.4, -0.2) is 19.0 Å². The molecule has 1 spiro atoms. The summed E-state index contributed by atoms with van der Waals surface area (Å²) in [6.07, 6.45) is 13.4. The topological polar surface area (TPSA) is 18.5 Å². The molecule has 0 aromatic heterocycles.